The smallest absolute Gasteiger partial charge is 0.239 e. The van der Waals surface area contributed by atoms with E-state index in [1.807, 2.05) is 12.1 Å². The molecule has 2 N–H and O–H groups in total. The number of likely N-dealkylation sites (tertiary alicyclic amines) is 1. The predicted molar refractivity (Wildman–Crippen MR) is 99.5 cm³/mol. The summed E-state index contributed by atoms with van der Waals surface area (Å²) in [5.41, 5.74) is 7.70. The van der Waals surface area contributed by atoms with Gasteiger partial charge in [0.05, 0.1) is 6.04 Å². The van der Waals surface area contributed by atoms with E-state index in [0.29, 0.717) is 19.0 Å². The molecule has 1 aromatic carbocycles. The van der Waals surface area contributed by atoms with Gasteiger partial charge in [0.2, 0.25) is 5.91 Å². The Bertz CT molecular complexity index is 547. The average molecular weight is 353 g/mol. The summed E-state index contributed by atoms with van der Waals surface area (Å²) in [6.45, 7) is 7.34. The number of halogens is 1. The Morgan fingerprint density at radius 1 is 1.12 bits per heavy atom. The van der Waals surface area contributed by atoms with Crippen LogP contribution in [0.4, 0.5) is 0 Å². The van der Waals surface area contributed by atoms with E-state index < -0.39 is 6.04 Å². The molecule has 4 nitrogen and oxygen atoms in total. The summed E-state index contributed by atoms with van der Waals surface area (Å²) >= 11 is 0. The highest BCUT2D eigenvalue weighted by Gasteiger charge is 2.28. The van der Waals surface area contributed by atoms with Gasteiger partial charge in [-0.3, -0.25) is 9.59 Å². The van der Waals surface area contributed by atoms with E-state index in [9.17, 15) is 9.59 Å². The van der Waals surface area contributed by atoms with Crippen molar-refractivity contribution in [2.24, 2.45) is 17.6 Å². The molecule has 2 rings (SSSR count). The molecule has 0 bridgehead atoms. The Labute approximate surface area is 151 Å². The van der Waals surface area contributed by atoms with Crippen molar-refractivity contribution < 1.29 is 9.59 Å². The Morgan fingerprint density at radius 2 is 1.67 bits per heavy atom. The van der Waals surface area contributed by atoms with Crippen LogP contribution in [0, 0.1) is 11.8 Å². The molecule has 1 amide bonds. The highest BCUT2D eigenvalue weighted by Crippen LogP contribution is 2.22. The largest absolute Gasteiger partial charge is 0.341 e. The summed E-state index contributed by atoms with van der Waals surface area (Å²) in [6, 6.07) is 7.54. The highest BCUT2D eigenvalue weighted by atomic mass is 35.5. The first-order valence-corrected chi connectivity index (χ1v) is 8.56. The van der Waals surface area contributed by atoms with Crippen LogP contribution in [0.25, 0.3) is 0 Å². The SMILES string of the molecule is CC(C)Cc1ccc(C(=O)C2CCN(C(=O)C(C)N)CC2)cc1.Cl. The maximum Gasteiger partial charge on any atom is 0.239 e. The van der Waals surface area contributed by atoms with E-state index in [1.54, 1.807) is 11.8 Å². The third kappa shape index (κ3) is 5.32. The third-order valence-corrected chi connectivity index (χ3v) is 4.45. The summed E-state index contributed by atoms with van der Waals surface area (Å²) in [5, 5.41) is 0. The quantitative estimate of drug-likeness (QED) is 0.828. The molecule has 1 saturated heterocycles. The molecule has 0 radical (unpaired) electrons. The number of hydrogen-bond acceptors (Lipinski definition) is 3. The van der Waals surface area contributed by atoms with Gasteiger partial charge in [-0.25, -0.2) is 0 Å². The number of nitrogens with two attached hydrogens (primary N) is 1. The van der Waals surface area contributed by atoms with Crippen molar-refractivity contribution in [3.05, 3.63) is 35.4 Å². The number of rotatable bonds is 5. The summed E-state index contributed by atoms with van der Waals surface area (Å²) in [5.74, 6) is 0.814. The second-order valence-electron chi connectivity index (χ2n) is 7.05. The minimum Gasteiger partial charge on any atom is -0.341 e. The molecule has 0 aliphatic carbocycles. The fourth-order valence-corrected chi connectivity index (χ4v) is 3.16. The normalized spacial score (nSPS) is 16.6. The third-order valence-electron chi connectivity index (χ3n) is 4.45. The lowest BCUT2D eigenvalue weighted by atomic mass is 9.88. The number of ketones is 1. The average Bonchev–Trinajstić information content (AvgIpc) is 2.53. The van der Waals surface area contributed by atoms with Crippen LogP contribution in [0.3, 0.4) is 0 Å². The Hall–Kier alpha value is -1.39. The van der Waals surface area contributed by atoms with Gasteiger partial charge in [0.15, 0.2) is 5.78 Å². The minimum atomic E-state index is -0.462. The van der Waals surface area contributed by atoms with E-state index in [0.717, 1.165) is 24.8 Å². The molecule has 1 heterocycles. The van der Waals surface area contributed by atoms with Gasteiger partial charge in [0.1, 0.15) is 0 Å². The maximum absolute atomic E-state index is 12.6. The van der Waals surface area contributed by atoms with Crippen molar-refractivity contribution in [3.63, 3.8) is 0 Å². The second-order valence-corrected chi connectivity index (χ2v) is 7.05. The number of carbonyl (C=O) groups is 2. The number of carbonyl (C=O) groups excluding carboxylic acids is 2. The lowest BCUT2D eigenvalue weighted by molar-refractivity contribution is -0.133. The zero-order valence-electron chi connectivity index (χ0n) is 14.8. The molecular formula is C19H29ClN2O2. The highest BCUT2D eigenvalue weighted by molar-refractivity contribution is 5.98. The molecule has 1 aromatic rings. The van der Waals surface area contributed by atoms with Crippen LogP contribution in [0.2, 0.25) is 0 Å². The topological polar surface area (TPSA) is 63.4 Å². The van der Waals surface area contributed by atoms with Gasteiger partial charge in [-0.15, -0.1) is 12.4 Å². The van der Waals surface area contributed by atoms with Crippen LogP contribution < -0.4 is 5.73 Å². The van der Waals surface area contributed by atoms with E-state index in [2.05, 4.69) is 26.0 Å². The summed E-state index contributed by atoms with van der Waals surface area (Å²) in [6.07, 6.45) is 2.49. The van der Waals surface area contributed by atoms with Crippen LogP contribution in [0.5, 0.6) is 0 Å². The molecular weight excluding hydrogens is 324 g/mol. The van der Waals surface area contributed by atoms with Crippen LogP contribution in [0.15, 0.2) is 24.3 Å². The van der Waals surface area contributed by atoms with Gasteiger partial charge in [0.25, 0.3) is 0 Å². The number of hydrogen-bond donors (Lipinski definition) is 1. The molecule has 24 heavy (non-hydrogen) atoms. The van der Waals surface area contributed by atoms with E-state index in [-0.39, 0.29) is 30.0 Å². The van der Waals surface area contributed by atoms with Crippen LogP contribution >= 0.6 is 12.4 Å². The Balaban J connectivity index is 0.00000288. The van der Waals surface area contributed by atoms with Crippen LogP contribution in [0.1, 0.15) is 49.5 Å². The van der Waals surface area contributed by atoms with Gasteiger partial charge in [-0.1, -0.05) is 38.1 Å². The zero-order valence-corrected chi connectivity index (χ0v) is 15.6. The lowest BCUT2D eigenvalue weighted by Crippen LogP contribution is -2.46. The van der Waals surface area contributed by atoms with Gasteiger partial charge in [0, 0.05) is 24.6 Å². The molecule has 1 atom stereocenters. The molecule has 0 aromatic heterocycles. The minimum absolute atomic E-state index is 0. The van der Waals surface area contributed by atoms with Crippen LogP contribution in [-0.2, 0) is 11.2 Å². The number of Topliss-reactive ketones (excluding diaryl/α,β-unsaturated/α-hetero) is 1. The summed E-state index contributed by atoms with van der Waals surface area (Å²) < 4.78 is 0. The number of piperidine rings is 1. The Kier molecular flexibility index (Phi) is 7.91. The van der Waals surface area contributed by atoms with Gasteiger partial charge < -0.3 is 10.6 Å². The van der Waals surface area contributed by atoms with Crippen molar-refractivity contribution in [3.8, 4) is 0 Å². The second kappa shape index (κ2) is 9.19. The summed E-state index contributed by atoms with van der Waals surface area (Å²) in [4.78, 5) is 26.3. The lowest BCUT2D eigenvalue weighted by Gasteiger charge is -2.32. The first kappa shape index (κ1) is 20.7. The molecule has 0 saturated carbocycles. The maximum atomic E-state index is 12.6. The van der Waals surface area contributed by atoms with Crippen molar-refractivity contribution in [2.45, 2.75) is 46.1 Å². The molecule has 1 unspecified atom stereocenters. The number of nitrogens with zero attached hydrogens (tertiary/aromatic N) is 1. The van der Waals surface area contributed by atoms with Gasteiger partial charge in [-0.05, 0) is 37.7 Å². The van der Waals surface area contributed by atoms with Crippen molar-refractivity contribution >= 4 is 24.1 Å². The number of benzene rings is 1. The van der Waals surface area contributed by atoms with E-state index in [4.69, 9.17) is 5.73 Å². The zero-order chi connectivity index (χ0) is 17.0. The Morgan fingerprint density at radius 3 is 2.12 bits per heavy atom. The first-order valence-electron chi connectivity index (χ1n) is 8.56. The molecule has 1 aliphatic rings. The van der Waals surface area contributed by atoms with Gasteiger partial charge in [-0.2, -0.15) is 0 Å². The standard InChI is InChI=1S/C19H28N2O2.ClH/c1-13(2)12-15-4-6-16(7-5-15)18(22)17-8-10-21(11-9-17)19(23)14(3)20;/h4-7,13-14,17H,8-12,20H2,1-3H3;1H. The fraction of sp³-hybridized carbons (Fsp3) is 0.579. The van der Waals surface area contributed by atoms with Crippen molar-refractivity contribution in [1.29, 1.82) is 0 Å². The summed E-state index contributed by atoms with van der Waals surface area (Å²) in [7, 11) is 0. The van der Waals surface area contributed by atoms with Crippen molar-refractivity contribution in [2.75, 3.05) is 13.1 Å². The first-order chi connectivity index (χ1) is 10.9. The molecule has 5 heteroatoms. The van der Waals surface area contributed by atoms with E-state index in [1.165, 1.54) is 5.56 Å². The van der Waals surface area contributed by atoms with Crippen molar-refractivity contribution in [1.82, 2.24) is 4.90 Å². The van der Waals surface area contributed by atoms with E-state index >= 15 is 0 Å². The van der Waals surface area contributed by atoms with Gasteiger partial charge >= 0.3 is 0 Å². The molecule has 134 valence electrons. The van der Waals surface area contributed by atoms with Crippen LogP contribution in [-0.4, -0.2) is 35.7 Å². The predicted octanol–water partition coefficient (Wildman–Crippen LogP) is 3.08. The molecule has 0 spiro atoms. The molecule has 1 aliphatic heterocycles. The monoisotopic (exact) mass is 352 g/mol. The number of amides is 1. The fourth-order valence-electron chi connectivity index (χ4n) is 3.16. The molecule has 1 fully saturated rings.